The average Bonchev–Trinajstić information content (AvgIpc) is 2.27. The Hall–Kier alpha value is -1.51. The summed E-state index contributed by atoms with van der Waals surface area (Å²) < 4.78 is 5.08. The monoisotopic (exact) mass is 192 g/mol. The minimum Gasteiger partial charge on any atom is -0.497 e. The lowest BCUT2D eigenvalue weighted by atomic mass is 10.1. The molecule has 1 aromatic carbocycles. The van der Waals surface area contributed by atoms with Gasteiger partial charge in [-0.25, -0.2) is 0 Å². The molecular weight excluding hydrogens is 178 g/mol. The number of amides is 1. The van der Waals surface area contributed by atoms with Crippen LogP contribution in [0.4, 0.5) is 0 Å². The van der Waals surface area contributed by atoms with Crippen molar-refractivity contribution in [1.82, 2.24) is 5.32 Å². The number of benzene rings is 1. The molecule has 75 valence electrons. The molecule has 14 heavy (non-hydrogen) atoms. The Morgan fingerprint density at radius 3 is 2.71 bits per heavy atom. The maximum absolute atomic E-state index is 11.4. The van der Waals surface area contributed by atoms with Crippen LogP contribution in [0.5, 0.6) is 5.75 Å². The second kappa shape index (κ2) is 4.65. The number of methoxy groups -OCH3 is 1. The van der Waals surface area contributed by atoms with Gasteiger partial charge in [-0.15, -0.1) is 0 Å². The highest BCUT2D eigenvalue weighted by atomic mass is 16.5. The summed E-state index contributed by atoms with van der Waals surface area (Å²) in [6.45, 7) is 3.77. The fourth-order valence-electron chi connectivity index (χ4n) is 1.20. The van der Waals surface area contributed by atoms with Crippen molar-refractivity contribution in [3.8, 4) is 5.75 Å². The maximum atomic E-state index is 11.4. The van der Waals surface area contributed by atoms with Crippen molar-refractivity contribution < 1.29 is 9.53 Å². The third-order valence-corrected chi connectivity index (χ3v) is 1.98. The van der Waals surface area contributed by atoms with E-state index in [1.54, 1.807) is 20.2 Å². The van der Waals surface area contributed by atoms with Crippen molar-refractivity contribution in [3.05, 3.63) is 36.2 Å². The quantitative estimate of drug-likeness (QED) is 0.786. The fourth-order valence-corrected chi connectivity index (χ4v) is 1.20. The summed E-state index contributed by atoms with van der Waals surface area (Å²) >= 11 is 0. The van der Waals surface area contributed by atoms with E-state index in [2.05, 4.69) is 12.2 Å². The highest BCUT2D eigenvalue weighted by molar-refractivity contribution is 5.94. The number of hydrogen-bond acceptors (Lipinski definition) is 2. The van der Waals surface area contributed by atoms with Crippen molar-refractivity contribution in [2.24, 2.45) is 0 Å². The van der Waals surface area contributed by atoms with Gasteiger partial charge >= 0.3 is 0 Å². The molecule has 0 aliphatic heterocycles. The zero-order valence-electron chi connectivity index (χ0n) is 8.46. The summed E-state index contributed by atoms with van der Waals surface area (Å²) in [5.41, 5.74) is 1.59. The van der Waals surface area contributed by atoms with Crippen LogP contribution >= 0.6 is 0 Å². The molecule has 0 fully saturated rings. The van der Waals surface area contributed by atoms with Crippen LogP contribution in [0.15, 0.2) is 18.2 Å². The van der Waals surface area contributed by atoms with E-state index in [1.165, 1.54) is 0 Å². The minimum absolute atomic E-state index is 0.112. The van der Waals surface area contributed by atoms with E-state index in [1.807, 2.05) is 12.1 Å². The van der Waals surface area contributed by atoms with Crippen molar-refractivity contribution in [1.29, 1.82) is 0 Å². The van der Waals surface area contributed by atoms with Crippen molar-refractivity contribution in [2.75, 3.05) is 14.2 Å². The SMILES string of the molecule is [CH2]Cc1cc(OC)cc(C(=O)NC)c1. The zero-order chi connectivity index (χ0) is 10.6. The van der Waals surface area contributed by atoms with Crippen LogP contribution in [-0.4, -0.2) is 20.1 Å². The molecule has 3 heteroatoms. The Labute approximate surface area is 84.1 Å². The molecule has 1 N–H and O–H groups in total. The van der Waals surface area contributed by atoms with Crippen LogP contribution in [0.25, 0.3) is 0 Å². The Morgan fingerprint density at radius 2 is 2.21 bits per heavy atom. The van der Waals surface area contributed by atoms with Crippen molar-refractivity contribution in [3.63, 3.8) is 0 Å². The second-order valence-corrected chi connectivity index (χ2v) is 2.90. The Bertz CT molecular complexity index is 312. The largest absolute Gasteiger partial charge is 0.497 e. The fraction of sp³-hybridized carbons (Fsp3) is 0.273. The van der Waals surface area contributed by atoms with Gasteiger partial charge in [-0.2, -0.15) is 0 Å². The first-order chi connectivity index (χ1) is 6.71. The van der Waals surface area contributed by atoms with Gasteiger partial charge < -0.3 is 10.1 Å². The van der Waals surface area contributed by atoms with Crippen LogP contribution in [0, 0.1) is 6.92 Å². The highest BCUT2D eigenvalue weighted by Crippen LogP contribution is 2.17. The Morgan fingerprint density at radius 1 is 1.50 bits per heavy atom. The van der Waals surface area contributed by atoms with Gasteiger partial charge in [-0.3, -0.25) is 4.79 Å². The highest BCUT2D eigenvalue weighted by Gasteiger charge is 2.06. The van der Waals surface area contributed by atoms with E-state index in [-0.39, 0.29) is 5.91 Å². The third-order valence-electron chi connectivity index (χ3n) is 1.98. The number of rotatable bonds is 3. The minimum atomic E-state index is -0.112. The number of nitrogens with one attached hydrogen (secondary N) is 1. The third kappa shape index (κ3) is 2.25. The van der Waals surface area contributed by atoms with E-state index in [4.69, 9.17) is 4.74 Å². The van der Waals surface area contributed by atoms with E-state index in [9.17, 15) is 4.79 Å². The lowest BCUT2D eigenvalue weighted by molar-refractivity contribution is 0.0962. The molecule has 1 amide bonds. The smallest absolute Gasteiger partial charge is 0.251 e. The van der Waals surface area contributed by atoms with Gasteiger partial charge in [0.15, 0.2) is 0 Å². The van der Waals surface area contributed by atoms with Gasteiger partial charge in [-0.1, -0.05) is 0 Å². The molecule has 3 nitrogen and oxygen atoms in total. The number of ether oxygens (including phenoxy) is 1. The molecule has 0 aromatic heterocycles. The van der Waals surface area contributed by atoms with Crippen LogP contribution < -0.4 is 10.1 Å². The van der Waals surface area contributed by atoms with E-state index < -0.39 is 0 Å². The predicted octanol–water partition coefficient (Wildman–Crippen LogP) is 1.43. The van der Waals surface area contributed by atoms with Gasteiger partial charge in [0.25, 0.3) is 5.91 Å². The lowest BCUT2D eigenvalue weighted by Crippen LogP contribution is -2.18. The van der Waals surface area contributed by atoms with Gasteiger partial charge in [0, 0.05) is 12.6 Å². The molecule has 0 saturated carbocycles. The molecule has 0 unspecified atom stereocenters. The first-order valence-electron chi connectivity index (χ1n) is 4.40. The number of hydrogen-bond donors (Lipinski definition) is 1. The normalized spacial score (nSPS) is 9.64. The van der Waals surface area contributed by atoms with Gasteiger partial charge in [0.05, 0.1) is 7.11 Å². The first-order valence-corrected chi connectivity index (χ1v) is 4.40. The number of carbonyl (C=O) groups excluding carboxylic acids is 1. The van der Waals surface area contributed by atoms with Gasteiger partial charge in [0.1, 0.15) is 5.75 Å². The summed E-state index contributed by atoms with van der Waals surface area (Å²) in [6.07, 6.45) is 0.640. The molecule has 0 bridgehead atoms. The van der Waals surface area contributed by atoms with E-state index in [0.29, 0.717) is 17.7 Å². The van der Waals surface area contributed by atoms with Crippen LogP contribution in [0.1, 0.15) is 15.9 Å². The standard InChI is InChI=1S/C11H14NO2/c1-4-8-5-9(11(13)12-2)7-10(6-8)14-3/h5-7H,1,4H2,2-3H3,(H,12,13). The molecule has 1 aromatic rings. The summed E-state index contributed by atoms with van der Waals surface area (Å²) in [7, 11) is 3.18. The van der Waals surface area contributed by atoms with Crippen molar-refractivity contribution >= 4 is 5.91 Å². The zero-order valence-corrected chi connectivity index (χ0v) is 8.46. The average molecular weight is 192 g/mol. The summed E-state index contributed by atoms with van der Waals surface area (Å²) in [4.78, 5) is 11.4. The van der Waals surface area contributed by atoms with Crippen LogP contribution in [0.2, 0.25) is 0 Å². The van der Waals surface area contributed by atoms with Crippen LogP contribution in [-0.2, 0) is 6.42 Å². The molecule has 1 rings (SSSR count). The van der Waals surface area contributed by atoms with E-state index >= 15 is 0 Å². The molecule has 0 aliphatic rings. The Kier molecular flexibility index (Phi) is 3.51. The number of carbonyl (C=O) groups is 1. The molecule has 1 radical (unpaired) electrons. The van der Waals surface area contributed by atoms with Crippen molar-refractivity contribution in [2.45, 2.75) is 6.42 Å². The molecule has 0 saturated heterocycles. The predicted molar refractivity (Wildman–Crippen MR) is 55.4 cm³/mol. The first kappa shape index (κ1) is 10.6. The van der Waals surface area contributed by atoms with E-state index in [0.717, 1.165) is 5.56 Å². The summed E-state index contributed by atoms with van der Waals surface area (Å²) in [5.74, 6) is 0.573. The molecule has 0 atom stereocenters. The van der Waals surface area contributed by atoms with Gasteiger partial charge in [0.2, 0.25) is 0 Å². The Balaban J connectivity index is 3.10. The van der Waals surface area contributed by atoms with Gasteiger partial charge in [-0.05, 0) is 37.1 Å². The second-order valence-electron chi connectivity index (χ2n) is 2.90. The molecule has 0 heterocycles. The maximum Gasteiger partial charge on any atom is 0.251 e. The molecular formula is C11H14NO2. The molecule has 0 spiro atoms. The summed E-state index contributed by atoms with van der Waals surface area (Å²) in [6, 6.07) is 5.39. The van der Waals surface area contributed by atoms with Crippen LogP contribution in [0.3, 0.4) is 0 Å². The lowest BCUT2D eigenvalue weighted by Gasteiger charge is -2.06. The molecule has 0 aliphatic carbocycles. The summed E-state index contributed by atoms with van der Waals surface area (Å²) in [5, 5.41) is 2.57. The topological polar surface area (TPSA) is 38.3 Å².